The molecule has 1 N–H and O–H groups in total. The molecule has 2 aromatic heterocycles. The first-order chi connectivity index (χ1) is 14.5. The number of aromatic nitrogens is 3. The third-order valence-electron chi connectivity index (χ3n) is 5.46. The smallest absolute Gasteiger partial charge is 0.357 e. The van der Waals surface area contributed by atoms with E-state index in [1.165, 1.54) is 23.2 Å². The number of rotatable bonds is 3. The van der Waals surface area contributed by atoms with Gasteiger partial charge in [-0.05, 0) is 29.7 Å². The Labute approximate surface area is 171 Å². The van der Waals surface area contributed by atoms with Gasteiger partial charge in [0.2, 0.25) is 0 Å². The summed E-state index contributed by atoms with van der Waals surface area (Å²) in [6.45, 7) is 2.43. The Kier molecular flexibility index (Phi) is 4.55. The minimum Gasteiger partial charge on any atom is -0.357 e. The Morgan fingerprint density at radius 1 is 1.03 bits per heavy atom. The van der Waals surface area contributed by atoms with E-state index >= 15 is 0 Å². The molecule has 3 heterocycles. The van der Waals surface area contributed by atoms with Crippen molar-refractivity contribution in [2.45, 2.75) is 25.7 Å². The van der Waals surface area contributed by atoms with Gasteiger partial charge in [-0.25, -0.2) is 9.97 Å². The van der Waals surface area contributed by atoms with Crippen LogP contribution in [0.2, 0.25) is 0 Å². The van der Waals surface area contributed by atoms with Crippen molar-refractivity contribution in [3.63, 3.8) is 0 Å². The van der Waals surface area contributed by atoms with Crippen LogP contribution >= 0.6 is 0 Å². The molecule has 2 aromatic carbocycles. The fraction of sp³-hybridized carbons (Fsp3) is 0.217. The lowest BCUT2D eigenvalue weighted by Gasteiger charge is -2.27. The van der Waals surface area contributed by atoms with Gasteiger partial charge in [0.1, 0.15) is 0 Å². The molecule has 0 spiro atoms. The summed E-state index contributed by atoms with van der Waals surface area (Å²) in [5.41, 5.74) is 4.25. The summed E-state index contributed by atoms with van der Waals surface area (Å²) in [7, 11) is 0. The summed E-state index contributed by atoms with van der Waals surface area (Å²) < 4.78 is 38.3. The summed E-state index contributed by atoms with van der Waals surface area (Å²) in [6.07, 6.45) is -1.76. The molecule has 0 radical (unpaired) electrons. The number of aromatic amines is 1. The quantitative estimate of drug-likeness (QED) is 0.507. The highest BCUT2D eigenvalue weighted by atomic mass is 19.4. The second kappa shape index (κ2) is 7.25. The van der Waals surface area contributed by atoms with E-state index in [0.717, 1.165) is 55.0 Å². The van der Waals surface area contributed by atoms with Crippen molar-refractivity contribution >= 4 is 10.9 Å². The Balaban J connectivity index is 1.32. The van der Waals surface area contributed by atoms with Crippen LogP contribution in [0.4, 0.5) is 13.2 Å². The zero-order valence-electron chi connectivity index (χ0n) is 16.1. The van der Waals surface area contributed by atoms with Crippen molar-refractivity contribution in [2.75, 3.05) is 6.54 Å². The fourth-order valence-electron chi connectivity index (χ4n) is 3.92. The number of nitrogens with one attached hydrogen (secondary N) is 1. The Morgan fingerprint density at radius 2 is 1.83 bits per heavy atom. The second-order valence-corrected chi connectivity index (χ2v) is 7.58. The van der Waals surface area contributed by atoms with Crippen LogP contribution in [0.1, 0.15) is 22.5 Å². The summed E-state index contributed by atoms with van der Waals surface area (Å²) in [5.74, 6) is 0.464. The van der Waals surface area contributed by atoms with Crippen molar-refractivity contribution in [1.82, 2.24) is 19.9 Å². The van der Waals surface area contributed by atoms with Crippen molar-refractivity contribution in [3.8, 4) is 11.4 Å². The second-order valence-electron chi connectivity index (χ2n) is 7.58. The largest absolute Gasteiger partial charge is 0.416 e. The minimum atomic E-state index is -4.34. The predicted molar refractivity (Wildman–Crippen MR) is 109 cm³/mol. The van der Waals surface area contributed by atoms with Crippen LogP contribution in [0.5, 0.6) is 0 Å². The summed E-state index contributed by atoms with van der Waals surface area (Å²) in [6, 6.07) is 15.4. The van der Waals surface area contributed by atoms with Gasteiger partial charge in [0.15, 0.2) is 5.82 Å². The first kappa shape index (κ1) is 18.8. The van der Waals surface area contributed by atoms with E-state index in [0.29, 0.717) is 11.4 Å². The predicted octanol–water partition coefficient (Wildman–Crippen LogP) is 5.20. The lowest BCUT2D eigenvalue weighted by molar-refractivity contribution is -0.137. The number of para-hydroxylation sites is 1. The lowest BCUT2D eigenvalue weighted by atomic mass is 10.1. The molecular formula is C23H19F3N4. The van der Waals surface area contributed by atoms with Gasteiger partial charge in [-0.2, -0.15) is 13.2 Å². The summed E-state index contributed by atoms with van der Waals surface area (Å²) >= 11 is 0. The molecule has 4 nitrogen and oxygen atoms in total. The average molecular weight is 408 g/mol. The highest BCUT2D eigenvalue weighted by molar-refractivity contribution is 5.80. The van der Waals surface area contributed by atoms with Crippen LogP contribution in [0.15, 0.2) is 60.8 Å². The van der Waals surface area contributed by atoms with Gasteiger partial charge in [-0.15, -0.1) is 0 Å². The van der Waals surface area contributed by atoms with Crippen LogP contribution in [-0.4, -0.2) is 26.4 Å². The topological polar surface area (TPSA) is 44.8 Å². The number of nitrogens with zero attached hydrogens (tertiary/aromatic N) is 3. The Morgan fingerprint density at radius 3 is 2.60 bits per heavy atom. The van der Waals surface area contributed by atoms with Gasteiger partial charge < -0.3 is 4.98 Å². The lowest BCUT2D eigenvalue weighted by Crippen LogP contribution is -2.31. The molecule has 4 aromatic rings. The normalized spacial score (nSPS) is 14.8. The molecule has 0 saturated heterocycles. The molecule has 0 bridgehead atoms. The maximum atomic E-state index is 12.8. The maximum absolute atomic E-state index is 12.8. The molecule has 0 saturated carbocycles. The monoisotopic (exact) mass is 408 g/mol. The van der Waals surface area contributed by atoms with Gasteiger partial charge in [0.25, 0.3) is 0 Å². The highest BCUT2D eigenvalue weighted by Gasteiger charge is 2.30. The van der Waals surface area contributed by atoms with Crippen molar-refractivity contribution < 1.29 is 13.2 Å². The van der Waals surface area contributed by atoms with Gasteiger partial charge in [0.05, 0.1) is 11.3 Å². The van der Waals surface area contributed by atoms with Crippen LogP contribution in [0.3, 0.4) is 0 Å². The first-order valence-electron chi connectivity index (χ1n) is 9.77. The van der Waals surface area contributed by atoms with E-state index < -0.39 is 11.7 Å². The third kappa shape index (κ3) is 3.68. The van der Waals surface area contributed by atoms with Crippen molar-refractivity contribution in [1.29, 1.82) is 0 Å². The molecule has 5 rings (SSSR count). The third-order valence-corrected chi connectivity index (χ3v) is 5.46. The molecular weight excluding hydrogens is 389 g/mol. The van der Waals surface area contributed by atoms with Gasteiger partial charge in [-0.3, -0.25) is 4.90 Å². The Bertz CT molecular complexity index is 1160. The average Bonchev–Trinajstić information content (AvgIpc) is 3.15. The van der Waals surface area contributed by atoms with Crippen LogP contribution in [-0.2, 0) is 25.7 Å². The molecule has 0 unspecified atom stereocenters. The summed E-state index contributed by atoms with van der Waals surface area (Å²) in [4.78, 5) is 14.8. The SMILES string of the molecule is FC(F)(F)c1ccc(-c2ncc3c(n2)CCN(Cc2cc4ccccc4[nH]2)C3)cc1. The van der Waals surface area contributed by atoms with Crippen molar-refractivity contribution in [2.24, 2.45) is 0 Å². The molecule has 0 atom stereocenters. The zero-order valence-corrected chi connectivity index (χ0v) is 16.1. The fourth-order valence-corrected chi connectivity index (χ4v) is 3.92. The van der Waals surface area contributed by atoms with E-state index in [1.807, 2.05) is 12.1 Å². The number of fused-ring (bicyclic) bond motifs is 2. The molecule has 0 aliphatic carbocycles. The standard InChI is InChI=1S/C23H19F3N4/c24-23(25,26)18-7-5-15(6-8-18)22-27-12-17-13-30(10-9-21(17)29-22)14-19-11-16-3-1-2-4-20(16)28-19/h1-8,11-12,28H,9-10,13-14H2. The number of benzene rings is 2. The number of halogens is 3. The van der Waals surface area contributed by atoms with Crippen LogP contribution < -0.4 is 0 Å². The number of alkyl halides is 3. The highest BCUT2D eigenvalue weighted by Crippen LogP contribution is 2.30. The van der Waals surface area contributed by atoms with Crippen LogP contribution in [0.25, 0.3) is 22.3 Å². The molecule has 1 aliphatic heterocycles. The zero-order chi connectivity index (χ0) is 20.7. The number of hydrogen-bond acceptors (Lipinski definition) is 3. The van der Waals surface area contributed by atoms with E-state index in [9.17, 15) is 13.2 Å². The number of hydrogen-bond donors (Lipinski definition) is 1. The first-order valence-corrected chi connectivity index (χ1v) is 9.77. The van der Waals surface area contributed by atoms with Gasteiger partial charge >= 0.3 is 6.18 Å². The molecule has 1 aliphatic rings. The van der Waals surface area contributed by atoms with Gasteiger partial charge in [0, 0.05) is 54.6 Å². The minimum absolute atomic E-state index is 0.464. The molecule has 0 fully saturated rings. The van der Waals surface area contributed by atoms with E-state index in [2.05, 4.69) is 38.1 Å². The molecule has 30 heavy (non-hydrogen) atoms. The summed E-state index contributed by atoms with van der Waals surface area (Å²) in [5, 5.41) is 1.20. The van der Waals surface area contributed by atoms with Gasteiger partial charge in [-0.1, -0.05) is 30.3 Å². The van der Waals surface area contributed by atoms with E-state index in [1.54, 1.807) is 6.20 Å². The van der Waals surface area contributed by atoms with Crippen molar-refractivity contribution in [3.05, 3.63) is 83.3 Å². The molecule has 7 heteroatoms. The number of H-pyrrole nitrogens is 1. The maximum Gasteiger partial charge on any atom is 0.416 e. The Hall–Kier alpha value is -3.19. The molecule has 152 valence electrons. The van der Waals surface area contributed by atoms with E-state index in [-0.39, 0.29) is 0 Å². The van der Waals surface area contributed by atoms with Crippen LogP contribution in [0, 0.1) is 0 Å². The van der Waals surface area contributed by atoms with E-state index in [4.69, 9.17) is 0 Å². The molecule has 0 amide bonds.